The van der Waals surface area contributed by atoms with Gasteiger partial charge >= 0.3 is 6.03 Å². The Morgan fingerprint density at radius 3 is 2.39 bits per heavy atom. The molecule has 1 unspecified atom stereocenters. The van der Waals surface area contributed by atoms with Crippen LogP contribution in [0.3, 0.4) is 0 Å². The quantitative estimate of drug-likeness (QED) is 0.855. The second-order valence-electron chi connectivity index (χ2n) is 7.44. The maximum absolute atomic E-state index is 12.9. The van der Waals surface area contributed by atoms with Crippen LogP contribution in [0.4, 0.5) is 10.5 Å². The maximum atomic E-state index is 12.9. The average Bonchev–Trinajstić information content (AvgIpc) is 3.00. The van der Waals surface area contributed by atoms with Crippen molar-refractivity contribution in [2.45, 2.75) is 44.1 Å². The largest absolute Gasteiger partial charge is 0.351 e. The normalized spacial score (nSPS) is 19.4. The lowest BCUT2D eigenvalue weighted by Gasteiger charge is -2.23. The molecule has 2 aromatic carbocycles. The molecule has 144 valence electrons. The molecule has 3 N–H and O–H groups in total. The van der Waals surface area contributed by atoms with E-state index in [1.165, 1.54) is 19.3 Å². The zero-order chi connectivity index (χ0) is 19.7. The number of anilines is 1. The van der Waals surface area contributed by atoms with E-state index in [4.69, 9.17) is 5.73 Å². The van der Waals surface area contributed by atoms with Crippen molar-refractivity contribution < 1.29 is 14.4 Å². The fraction of sp³-hybridized carbons (Fsp3) is 0.318. The van der Waals surface area contributed by atoms with Gasteiger partial charge in [-0.25, -0.2) is 9.69 Å². The summed E-state index contributed by atoms with van der Waals surface area (Å²) in [6.45, 7) is 0. The minimum atomic E-state index is -0.918. The third-order valence-electron chi connectivity index (χ3n) is 5.68. The second kappa shape index (κ2) is 7.46. The Kier molecular flexibility index (Phi) is 4.86. The highest BCUT2D eigenvalue weighted by Crippen LogP contribution is 2.40. The molecule has 4 amide bonds. The standard InChI is InChI=1S/C22H23N3O3/c23-22(28)25-18-12-11-16(14-7-3-1-4-8-14)13-17(18)19(21(25)27)24-20(26)15-9-5-2-6-10-15/h2,5-6,9-14,19H,1,3-4,7-8H2,(H2,23,28)(H,24,26). The lowest BCUT2D eigenvalue weighted by molar-refractivity contribution is -0.119. The molecule has 1 aliphatic heterocycles. The molecule has 0 radical (unpaired) electrons. The molecule has 1 atom stereocenters. The molecule has 1 heterocycles. The summed E-state index contributed by atoms with van der Waals surface area (Å²) in [5.74, 6) is -0.436. The fourth-order valence-electron chi connectivity index (χ4n) is 4.25. The predicted molar refractivity (Wildman–Crippen MR) is 106 cm³/mol. The molecule has 1 aliphatic carbocycles. The van der Waals surface area contributed by atoms with Gasteiger partial charge in [-0.3, -0.25) is 9.59 Å². The van der Waals surface area contributed by atoms with E-state index >= 15 is 0 Å². The number of nitrogens with one attached hydrogen (secondary N) is 1. The molecule has 0 spiro atoms. The van der Waals surface area contributed by atoms with Gasteiger partial charge in [0.15, 0.2) is 0 Å². The summed E-state index contributed by atoms with van der Waals surface area (Å²) in [6.07, 6.45) is 5.89. The van der Waals surface area contributed by atoms with Gasteiger partial charge in [0.1, 0.15) is 6.04 Å². The highest BCUT2D eigenvalue weighted by Gasteiger charge is 2.41. The van der Waals surface area contributed by atoms with Crippen molar-refractivity contribution in [1.29, 1.82) is 0 Å². The lowest BCUT2D eigenvalue weighted by atomic mass is 9.83. The van der Waals surface area contributed by atoms with Crippen molar-refractivity contribution in [3.05, 3.63) is 65.2 Å². The summed E-state index contributed by atoms with van der Waals surface area (Å²) in [7, 11) is 0. The molecule has 0 bridgehead atoms. The zero-order valence-corrected chi connectivity index (χ0v) is 15.6. The van der Waals surface area contributed by atoms with E-state index in [2.05, 4.69) is 5.32 Å². The Balaban J connectivity index is 1.68. The van der Waals surface area contributed by atoms with Gasteiger partial charge in [-0.1, -0.05) is 49.6 Å². The Morgan fingerprint density at radius 1 is 1.00 bits per heavy atom. The van der Waals surface area contributed by atoms with Crippen LogP contribution in [0, 0.1) is 0 Å². The monoisotopic (exact) mass is 377 g/mol. The van der Waals surface area contributed by atoms with Crippen LogP contribution in [0.25, 0.3) is 0 Å². The van der Waals surface area contributed by atoms with Crippen molar-refractivity contribution in [3.63, 3.8) is 0 Å². The van der Waals surface area contributed by atoms with Gasteiger partial charge in [0.2, 0.25) is 0 Å². The number of hydrogen-bond donors (Lipinski definition) is 2. The van der Waals surface area contributed by atoms with Gasteiger partial charge in [0.05, 0.1) is 5.69 Å². The number of carbonyl (C=O) groups excluding carboxylic acids is 3. The number of nitrogens with zero attached hydrogens (tertiary/aromatic N) is 1. The minimum absolute atomic E-state index is 0.362. The van der Waals surface area contributed by atoms with Crippen LogP contribution in [0.1, 0.15) is 65.5 Å². The van der Waals surface area contributed by atoms with E-state index in [1.807, 2.05) is 18.2 Å². The maximum Gasteiger partial charge on any atom is 0.326 e. The summed E-state index contributed by atoms with van der Waals surface area (Å²) in [4.78, 5) is 38.3. The van der Waals surface area contributed by atoms with Crippen LogP contribution in [-0.4, -0.2) is 17.8 Å². The fourth-order valence-corrected chi connectivity index (χ4v) is 4.25. The molecule has 28 heavy (non-hydrogen) atoms. The van der Waals surface area contributed by atoms with E-state index in [0.717, 1.165) is 23.3 Å². The molecule has 6 nitrogen and oxygen atoms in total. The molecule has 4 rings (SSSR count). The zero-order valence-electron chi connectivity index (χ0n) is 15.6. The van der Waals surface area contributed by atoms with Crippen molar-refractivity contribution in [2.24, 2.45) is 5.73 Å². The lowest BCUT2D eigenvalue weighted by Crippen LogP contribution is -2.42. The van der Waals surface area contributed by atoms with Crippen LogP contribution in [0.5, 0.6) is 0 Å². The molecule has 0 aromatic heterocycles. The number of rotatable bonds is 3. The Hall–Kier alpha value is -3.15. The van der Waals surface area contributed by atoms with Crippen LogP contribution < -0.4 is 16.0 Å². The Labute approximate surface area is 163 Å². The molecule has 1 saturated carbocycles. The number of imide groups is 1. The first-order valence-electron chi connectivity index (χ1n) is 9.69. The first-order valence-corrected chi connectivity index (χ1v) is 9.69. The molecular formula is C22H23N3O3. The highest BCUT2D eigenvalue weighted by molar-refractivity contribution is 6.21. The Bertz CT molecular complexity index is 920. The van der Waals surface area contributed by atoms with Gasteiger partial charge in [-0.05, 0) is 42.5 Å². The summed E-state index contributed by atoms with van der Waals surface area (Å²) in [5.41, 5.74) is 8.14. The van der Waals surface area contributed by atoms with Crippen molar-refractivity contribution >= 4 is 23.5 Å². The van der Waals surface area contributed by atoms with E-state index in [1.54, 1.807) is 30.3 Å². The van der Waals surface area contributed by atoms with Crippen molar-refractivity contribution in [3.8, 4) is 0 Å². The molecule has 0 saturated heterocycles. The number of fused-ring (bicyclic) bond motifs is 1. The second-order valence-corrected chi connectivity index (χ2v) is 7.44. The number of benzene rings is 2. The van der Waals surface area contributed by atoms with Gasteiger partial charge in [-0.2, -0.15) is 0 Å². The minimum Gasteiger partial charge on any atom is -0.351 e. The van der Waals surface area contributed by atoms with Gasteiger partial charge in [0, 0.05) is 11.1 Å². The molecule has 1 fully saturated rings. The first kappa shape index (κ1) is 18.2. The van der Waals surface area contributed by atoms with E-state index < -0.39 is 18.0 Å². The van der Waals surface area contributed by atoms with Gasteiger partial charge < -0.3 is 11.1 Å². The summed E-state index contributed by atoms with van der Waals surface area (Å²) in [5, 5.41) is 2.78. The smallest absolute Gasteiger partial charge is 0.326 e. The van der Waals surface area contributed by atoms with E-state index in [0.29, 0.717) is 22.7 Å². The number of amides is 4. The van der Waals surface area contributed by atoms with Crippen LogP contribution >= 0.6 is 0 Å². The van der Waals surface area contributed by atoms with E-state index in [9.17, 15) is 14.4 Å². The summed E-state index contributed by atoms with van der Waals surface area (Å²) < 4.78 is 0. The van der Waals surface area contributed by atoms with Crippen molar-refractivity contribution in [1.82, 2.24) is 5.32 Å². The highest BCUT2D eigenvalue weighted by atomic mass is 16.2. The van der Waals surface area contributed by atoms with Gasteiger partial charge in [0.25, 0.3) is 11.8 Å². The van der Waals surface area contributed by atoms with Crippen molar-refractivity contribution in [2.75, 3.05) is 4.90 Å². The van der Waals surface area contributed by atoms with Crippen LogP contribution in [-0.2, 0) is 4.79 Å². The van der Waals surface area contributed by atoms with E-state index in [-0.39, 0.29) is 5.91 Å². The number of nitrogens with two attached hydrogens (primary N) is 1. The molecular weight excluding hydrogens is 354 g/mol. The third-order valence-corrected chi connectivity index (χ3v) is 5.68. The first-order chi connectivity index (χ1) is 13.6. The van der Waals surface area contributed by atoms with Gasteiger partial charge in [-0.15, -0.1) is 0 Å². The predicted octanol–water partition coefficient (Wildman–Crippen LogP) is 3.63. The van der Waals surface area contributed by atoms with Crippen LogP contribution in [0.15, 0.2) is 48.5 Å². The number of carbonyl (C=O) groups is 3. The summed E-state index contributed by atoms with van der Waals surface area (Å²) in [6, 6.07) is 12.6. The molecule has 6 heteroatoms. The summed E-state index contributed by atoms with van der Waals surface area (Å²) >= 11 is 0. The molecule has 2 aromatic rings. The SMILES string of the molecule is NC(=O)N1C(=O)C(NC(=O)c2ccccc2)c2cc(C3CCCCC3)ccc21. The topological polar surface area (TPSA) is 92.5 Å². The number of urea groups is 1. The average molecular weight is 377 g/mol. The molecule has 2 aliphatic rings. The number of primary amides is 1. The Morgan fingerprint density at radius 2 is 1.71 bits per heavy atom. The number of hydrogen-bond acceptors (Lipinski definition) is 3. The van der Waals surface area contributed by atoms with Crippen LogP contribution in [0.2, 0.25) is 0 Å². The third kappa shape index (κ3) is 3.26.